The molecule has 2 aromatic rings. The Hall–Kier alpha value is -1.61. The van der Waals surface area contributed by atoms with E-state index in [1.54, 1.807) is 13.3 Å². The van der Waals surface area contributed by atoms with Gasteiger partial charge in [0, 0.05) is 11.8 Å². The van der Waals surface area contributed by atoms with Crippen LogP contribution in [0.1, 0.15) is 25.3 Å². The van der Waals surface area contributed by atoms with E-state index in [0.717, 1.165) is 22.6 Å². The smallest absolute Gasteiger partial charge is 0.222 e. The molecule has 0 aliphatic carbocycles. The molecule has 0 radical (unpaired) electrons. The lowest BCUT2D eigenvalue weighted by molar-refractivity contribution is 0.407. The van der Waals surface area contributed by atoms with Crippen molar-refractivity contribution in [2.45, 2.75) is 19.8 Å². The predicted molar refractivity (Wildman–Crippen MR) is 73.1 cm³/mol. The third kappa shape index (κ3) is 2.62. The molecule has 2 rings (SSSR count). The molecule has 0 spiro atoms. The van der Waals surface area contributed by atoms with Gasteiger partial charge in [-0.1, -0.05) is 13.8 Å². The average Bonchev–Trinajstić information content (AvgIpc) is 2.38. The van der Waals surface area contributed by atoms with Gasteiger partial charge in [-0.3, -0.25) is 0 Å². The molecule has 0 N–H and O–H groups in total. The van der Waals surface area contributed by atoms with Gasteiger partial charge in [0.05, 0.1) is 12.8 Å². The van der Waals surface area contributed by atoms with E-state index in [9.17, 15) is 0 Å². The molecule has 0 saturated heterocycles. The molecule has 0 aliphatic rings. The highest BCUT2D eigenvalue weighted by Gasteiger charge is 2.10. The summed E-state index contributed by atoms with van der Waals surface area (Å²) in [6.45, 7) is 4.27. The quantitative estimate of drug-likeness (QED) is 0.786. The molecule has 0 bridgehead atoms. The molecule has 1 heterocycles. The first-order valence-corrected chi connectivity index (χ1v) is 6.16. The Morgan fingerprint density at radius 1 is 1.22 bits per heavy atom. The lowest BCUT2D eigenvalue weighted by Crippen LogP contribution is -1.95. The summed E-state index contributed by atoms with van der Waals surface area (Å²) < 4.78 is 5.36. The maximum Gasteiger partial charge on any atom is 0.222 e. The van der Waals surface area contributed by atoms with Crippen LogP contribution in [0.3, 0.4) is 0 Å². The van der Waals surface area contributed by atoms with Gasteiger partial charge in [-0.2, -0.15) is 0 Å². The van der Waals surface area contributed by atoms with Crippen LogP contribution in [0.25, 0.3) is 11.3 Å². The minimum absolute atomic E-state index is 0.259. The van der Waals surface area contributed by atoms with Crippen molar-refractivity contribution in [1.29, 1.82) is 0 Å². The normalized spacial score (nSPS) is 10.7. The van der Waals surface area contributed by atoms with E-state index < -0.39 is 0 Å². The Labute approximate surface area is 112 Å². The molecular weight excluding hydrogens is 248 g/mol. The zero-order valence-electron chi connectivity index (χ0n) is 10.6. The first kappa shape index (κ1) is 12.8. The summed E-state index contributed by atoms with van der Waals surface area (Å²) >= 11 is 5.81. The molecular formula is C14H15ClN2O. The highest BCUT2D eigenvalue weighted by atomic mass is 35.5. The van der Waals surface area contributed by atoms with Gasteiger partial charge in [0.25, 0.3) is 0 Å². The van der Waals surface area contributed by atoms with Crippen molar-refractivity contribution in [2.75, 3.05) is 7.11 Å². The third-order valence-electron chi connectivity index (χ3n) is 2.77. The molecule has 4 heteroatoms. The van der Waals surface area contributed by atoms with Gasteiger partial charge in [-0.15, -0.1) is 0 Å². The Morgan fingerprint density at radius 2 is 2.00 bits per heavy atom. The Bertz CT molecular complexity index is 555. The Morgan fingerprint density at radius 3 is 2.61 bits per heavy atom. The first-order chi connectivity index (χ1) is 8.61. The summed E-state index contributed by atoms with van der Waals surface area (Å²) in [6, 6.07) is 7.87. The summed E-state index contributed by atoms with van der Waals surface area (Å²) in [7, 11) is 1.68. The molecule has 94 valence electrons. The van der Waals surface area contributed by atoms with Crippen LogP contribution in [0.4, 0.5) is 0 Å². The summed E-state index contributed by atoms with van der Waals surface area (Å²) in [5.41, 5.74) is 2.99. The van der Waals surface area contributed by atoms with Crippen LogP contribution in [0.15, 0.2) is 30.5 Å². The van der Waals surface area contributed by atoms with Gasteiger partial charge in [0.2, 0.25) is 5.28 Å². The minimum Gasteiger partial charge on any atom is -0.496 e. The first-order valence-electron chi connectivity index (χ1n) is 5.78. The molecule has 0 aliphatic heterocycles. The molecule has 0 fully saturated rings. The average molecular weight is 263 g/mol. The van der Waals surface area contributed by atoms with E-state index in [4.69, 9.17) is 16.3 Å². The van der Waals surface area contributed by atoms with Crippen molar-refractivity contribution < 1.29 is 4.74 Å². The largest absolute Gasteiger partial charge is 0.496 e. The van der Waals surface area contributed by atoms with Crippen molar-refractivity contribution in [2.24, 2.45) is 0 Å². The fourth-order valence-electron chi connectivity index (χ4n) is 1.84. The number of aromatic nitrogens is 2. The number of rotatable bonds is 3. The maximum absolute atomic E-state index is 5.81. The second-order valence-corrected chi connectivity index (χ2v) is 4.66. The molecule has 18 heavy (non-hydrogen) atoms. The van der Waals surface area contributed by atoms with Crippen LogP contribution in [0.2, 0.25) is 5.28 Å². The third-order valence-corrected chi connectivity index (χ3v) is 2.96. The van der Waals surface area contributed by atoms with E-state index in [2.05, 4.69) is 29.9 Å². The number of methoxy groups -OCH3 is 1. The van der Waals surface area contributed by atoms with E-state index in [0.29, 0.717) is 5.92 Å². The number of halogens is 1. The lowest BCUT2D eigenvalue weighted by atomic mass is 9.98. The standard InChI is InChI=1S/C14H15ClN2O/c1-9(2)11-8-10(4-5-13(11)18-3)12-6-7-16-14(15)17-12/h4-9H,1-3H3. The monoisotopic (exact) mass is 262 g/mol. The Kier molecular flexibility index (Phi) is 3.82. The van der Waals surface area contributed by atoms with Gasteiger partial charge in [-0.25, -0.2) is 9.97 Å². The Balaban J connectivity index is 2.50. The van der Waals surface area contributed by atoms with Crippen molar-refractivity contribution >= 4 is 11.6 Å². The van der Waals surface area contributed by atoms with Crippen LogP contribution in [-0.2, 0) is 0 Å². The zero-order chi connectivity index (χ0) is 13.1. The summed E-state index contributed by atoms with van der Waals surface area (Å²) in [4.78, 5) is 8.10. The molecule has 0 atom stereocenters. The van der Waals surface area contributed by atoms with Crippen molar-refractivity contribution in [3.8, 4) is 17.0 Å². The van der Waals surface area contributed by atoms with E-state index in [-0.39, 0.29) is 5.28 Å². The fourth-order valence-corrected chi connectivity index (χ4v) is 1.99. The van der Waals surface area contributed by atoms with Gasteiger partial charge in [0.1, 0.15) is 5.75 Å². The van der Waals surface area contributed by atoms with Crippen LogP contribution in [0, 0.1) is 0 Å². The van der Waals surface area contributed by atoms with Crippen LogP contribution >= 0.6 is 11.6 Å². The van der Waals surface area contributed by atoms with E-state index in [1.165, 1.54) is 0 Å². The van der Waals surface area contributed by atoms with Crippen molar-refractivity contribution in [3.05, 3.63) is 41.3 Å². The number of ether oxygens (including phenoxy) is 1. The lowest BCUT2D eigenvalue weighted by Gasteiger charge is -2.13. The van der Waals surface area contributed by atoms with Gasteiger partial charge in [-0.05, 0) is 47.3 Å². The maximum atomic E-state index is 5.81. The molecule has 1 aromatic carbocycles. The van der Waals surface area contributed by atoms with Crippen LogP contribution < -0.4 is 4.74 Å². The van der Waals surface area contributed by atoms with Gasteiger partial charge < -0.3 is 4.74 Å². The molecule has 0 saturated carbocycles. The van der Waals surface area contributed by atoms with Crippen LogP contribution in [0.5, 0.6) is 5.75 Å². The molecule has 0 amide bonds. The van der Waals surface area contributed by atoms with E-state index in [1.807, 2.05) is 18.2 Å². The predicted octanol–water partition coefficient (Wildman–Crippen LogP) is 3.93. The topological polar surface area (TPSA) is 35.0 Å². The molecule has 3 nitrogen and oxygen atoms in total. The summed E-state index contributed by atoms with van der Waals surface area (Å²) in [5.74, 6) is 1.28. The van der Waals surface area contributed by atoms with Crippen molar-refractivity contribution in [1.82, 2.24) is 9.97 Å². The van der Waals surface area contributed by atoms with Crippen LogP contribution in [-0.4, -0.2) is 17.1 Å². The molecule has 1 aromatic heterocycles. The number of nitrogens with zero attached hydrogens (tertiary/aromatic N) is 2. The number of hydrogen-bond donors (Lipinski definition) is 0. The number of benzene rings is 1. The van der Waals surface area contributed by atoms with Crippen molar-refractivity contribution in [3.63, 3.8) is 0 Å². The highest BCUT2D eigenvalue weighted by molar-refractivity contribution is 6.28. The second kappa shape index (κ2) is 5.36. The molecule has 0 unspecified atom stereocenters. The number of hydrogen-bond acceptors (Lipinski definition) is 3. The van der Waals surface area contributed by atoms with Gasteiger partial charge >= 0.3 is 0 Å². The minimum atomic E-state index is 0.259. The summed E-state index contributed by atoms with van der Waals surface area (Å²) in [5, 5.41) is 0.259. The van der Waals surface area contributed by atoms with Gasteiger partial charge in [0.15, 0.2) is 0 Å². The highest BCUT2D eigenvalue weighted by Crippen LogP contribution is 2.30. The van der Waals surface area contributed by atoms with E-state index >= 15 is 0 Å². The zero-order valence-corrected chi connectivity index (χ0v) is 11.4. The SMILES string of the molecule is COc1ccc(-c2ccnc(Cl)n2)cc1C(C)C. The summed E-state index contributed by atoms with van der Waals surface area (Å²) in [6.07, 6.45) is 1.66. The fraction of sp³-hybridized carbons (Fsp3) is 0.286. The second-order valence-electron chi connectivity index (χ2n) is 4.32.